The zero-order chi connectivity index (χ0) is 13.8. The lowest BCUT2D eigenvalue weighted by atomic mass is 10.1. The van der Waals surface area contributed by atoms with Crippen molar-refractivity contribution in [2.45, 2.75) is 32.8 Å². The number of carbonyl (C=O) groups excluding carboxylic acids is 1. The van der Waals surface area contributed by atoms with Crippen molar-refractivity contribution in [3.05, 3.63) is 35.4 Å². The van der Waals surface area contributed by atoms with Crippen LogP contribution in [0.2, 0.25) is 0 Å². The number of carbonyl (C=O) groups is 1. The summed E-state index contributed by atoms with van der Waals surface area (Å²) in [5.41, 5.74) is 6.38. The van der Waals surface area contributed by atoms with E-state index in [4.69, 9.17) is 15.7 Å². The molecule has 0 aliphatic rings. The minimum atomic E-state index is -0.481. The molecule has 0 unspecified atom stereocenters. The maximum absolute atomic E-state index is 11.6. The monoisotopic (exact) mass is 250 g/mol. The van der Waals surface area contributed by atoms with Crippen molar-refractivity contribution in [3.63, 3.8) is 0 Å². The van der Waals surface area contributed by atoms with Crippen molar-refractivity contribution in [1.29, 1.82) is 0 Å². The highest BCUT2D eigenvalue weighted by Crippen LogP contribution is 2.11. The number of benzene rings is 1. The lowest BCUT2D eigenvalue weighted by Crippen LogP contribution is -2.24. The van der Waals surface area contributed by atoms with E-state index in [-0.39, 0.29) is 18.2 Å². The van der Waals surface area contributed by atoms with Crippen molar-refractivity contribution in [2.75, 3.05) is 0 Å². The number of amidine groups is 1. The fourth-order valence-corrected chi connectivity index (χ4v) is 1.40. The van der Waals surface area contributed by atoms with Crippen LogP contribution < -0.4 is 5.73 Å². The lowest BCUT2D eigenvalue weighted by molar-refractivity contribution is -0.153. The molecule has 3 N–H and O–H groups in total. The Kier molecular flexibility index (Phi) is 4.31. The smallest absolute Gasteiger partial charge is 0.310 e. The van der Waals surface area contributed by atoms with Crippen LogP contribution in [-0.2, 0) is 16.0 Å². The van der Waals surface area contributed by atoms with Crippen LogP contribution in [-0.4, -0.2) is 22.6 Å². The molecule has 0 atom stereocenters. The van der Waals surface area contributed by atoms with E-state index in [1.807, 2.05) is 20.8 Å². The first-order valence-electron chi connectivity index (χ1n) is 5.60. The Labute approximate surface area is 106 Å². The van der Waals surface area contributed by atoms with E-state index in [1.54, 1.807) is 24.3 Å². The highest BCUT2D eigenvalue weighted by Gasteiger charge is 2.16. The number of hydrogen-bond acceptors (Lipinski definition) is 4. The molecule has 0 fully saturated rings. The predicted molar refractivity (Wildman–Crippen MR) is 68.5 cm³/mol. The normalized spacial score (nSPS) is 12.3. The predicted octanol–water partition coefficient (Wildman–Crippen LogP) is 1.67. The summed E-state index contributed by atoms with van der Waals surface area (Å²) in [5, 5.41) is 11.4. The topological polar surface area (TPSA) is 84.9 Å². The summed E-state index contributed by atoms with van der Waals surface area (Å²) in [4.78, 5) is 11.6. The zero-order valence-corrected chi connectivity index (χ0v) is 10.8. The highest BCUT2D eigenvalue weighted by atomic mass is 16.6. The number of nitrogens with two attached hydrogens (primary N) is 1. The maximum Gasteiger partial charge on any atom is 0.310 e. The standard InChI is InChI=1S/C13H18N2O3/c1-13(2,3)18-11(16)8-9-4-6-10(7-5-9)12(14)15-17/h4-7,17H,8H2,1-3H3,(H2,14,15). The van der Waals surface area contributed by atoms with Gasteiger partial charge in [-0.2, -0.15) is 0 Å². The minimum absolute atomic E-state index is 0.0406. The first-order valence-corrected chi connectivity index (χ1v) is 5.60. The van der Waals surface area contributed by atoms with E-state index in [1.165, 1.54) is 0 Å². The van der Waals surface area contributed by atoms with Crippen LogP contribution >= 0.6 is 0 Å². The van der Waals surface area contributed by atoms with E-state index in [0.717, 1.165) is 5.56 Å². The Bertz CT molecular complexity index is 444. The summed E-state index contributed by atoms with van der Waals surface area (Å²) in [7, 11) is 0. The van der Waals surface area contributed by atoms with Crippen LogP contribution in [0.25, 0.3) is 0 Å². The number of oxime groups is 1. The van der Waals surface area contributed by atoms with Gasteiger partial charge in [0, 0.05) is 5.56 Å². The number of nitrogens with zero attached hydrogens (tertiary/aromatic N) is 1. The SMILES string of the molecule is CC(C)(C)OC(=O)Cc1ccc(/C(N)=N\O)cc1. The number of ether oxygens (including phenoxy) is 1. The third kappa shape index (κ3) is 4.45. The molecular weight excluding hydrogens is 232 g/mol. The van der Waals surface area contributed by atoms with Gasteiger partial charge in [-0.25, -0.2) is 0 Å². The van der Waals surface area contributed by atoms with Crippen LogP contribution in [0.1, 0.15) is 31.9 Å². The fraction of sp³-hybridized carbons (Fsp3) is 0.385. The van der Waals surface area contributed by atoms with Crippen molar-refractivity contribution >= 4 is 11.8 Å². The summed E-state index contributed by atoms with van der Waals surface area (Å²) >= 11 is 0. The molecule has 5 nitrogen and oxygen atoms in total. The summed E-state index contributed by atoms with van der Waals surface area (Å²) in [6, 6.07) is 6.87. The van der Waals surface area contributed by atoms with E-state index in [9.17, 15) is 4.79 Å². The second-order valence-electron chi connectivity index (χ2n) is 4.95. The summed E-state index contributed by atoms with van der Waals surface area (Å²) in [5.74, 6) is -0.238. The van der Waals surface area contributed by atoms with Gasteiger partial charge in [0.05, 0.1) is 6.42 Å². The number of rotatable bonds is 3. The molecule has 18 heavy (non-hydrogen) atoms. The van der Waals surface area contributed by atoms with Gasteiger partial charge < -0.3 is 15.7 Å². The molecule has 0 spiro atoms. The molecule has 0 saturated heterocycles. The van der Waals surface area contributed by atoms with Gasteiger partial charge in [0.25, 0.3) is 0 Å². The summed E-state index contributed by atoms with van der Waals surface area (Å²) in [6.07, 6.45) is 0.202. The quantitative estimate of drug-likeness (QED) is 0.281. The fourth-order valence-electron chi connectivity index (χ4n) is 1.40. The molecule has 98 valence electrons. The van der Waals surface area contributed by atoms with Gasteiger partial charge in [0.1, 0.15) is 5.60 Å². The van der Waals surface area contributed by atoms with Gasteiger partial charge in [-0.05, 0) is 26.3 Å². The Morgan fingerprint density at radius 2 is 1.89 bits per heavy atom. The minimum Gasteiger partial charge on any atom is -0.460 e. The third-order valence-electron chi connectivity index (χ3n) is 2.13. The molecule has 0 bridgehead atoms. The van der Waals surface area contributed by atoms with Crippen molar-refractivity contribution in [1.82, 2.24) is 0 Å². The second-order valence-corrected chi connectivity index (χ2v) is 4.95. The average Bonchev–Trinajstić information content (AvgIpc) is 2.26. The molecule has 0 saturated carbocycles. The Hall–Kier alpha value is -2.04. The Morgan fingerprint density at radius 3 is 2.33 bits per heavy atom. The van der Waals surface area contributed by atoms with E-state index in [2.05, 4.69) is 5.16 Å². The molecule has 0 heterocycles. The van der Waals surface area contributed by atoms with Crippen LogP contribution in [0.15, 0.2) is 29.4 Å². The summed E-state index contributed by atoms with van der Waals surface area (Å²) in [6.45, 7) is 5.48. The molecule has 5 heteroatoms. The van der Waals surface area contributed by atoms with Gasteiger partial charge in [-0.3, -0.25) is 4.79 Å². The first-order chi connectivity index (χ1) is 8.31. The lowest BCUT2D eigenvalue weighted by Gasteiger charge is -2.19. The van der Waals surface area contributed by atoms with Gasteiger partial charge in [-0.1, -0.05) is 29.4 Å². The maximum atomic E-state index is 11.6. The molecule has 1 aromatic carbocycles. The van der Waals surface area contributed by atoms with E-state index >= 15 is 0 Å². The molecule has 0 aliphatic heterocycles. The molecule has 0 amide bonds. The largest absolute Gasteiger partial charge is 0.460 e. The Balaban J connectivity index is 2.67. The van der Waals surface area contributed by atoms with Crippen molar-refractivity contribution in [2.24, 2.45) is 10.9 Å². The average molecular weight is 250 g/mol. The number of esters is 1. The van der Waals surface area contributed by atoms with Gasteiger partial charge in [0.15, 0.2) is 5.84 Å². The first kappa shape index (κ1) is 14.0. The third-order valence-corrected chi connectivity index (χ3v) is 2.13. The molecule has 0 aromatic heterocycles. The van der Waals surface area contributed by atoms with E-state index < -0.39 is 5.60 Å². The van der Waals surface area contributed by atoms with Crippen LogP contribution in [0.5, 0.6) is 0 Å². The Morgan fingerprint density at radius 1 is 1.33 bits per heavy atom. The van der Waals surface area contributed by atoms with Gasteiger partial charge >= 0.3 is 5.97 Å². The van der Waals surface area contributed by atoms with Crippen LogP contribution in [0, 0.1) is 0 Å². The molecule has 1 rings (SSSR count). The van der Waals surface area contributed by atoms with E-state index in [0.29, 0.717) is 5.56 Å². The molecule has 0 aliphatic carbocycles. The van der Waals surface area contributed by atoms with Crippen molar-refractivity contribution < 1.29 is 14.7 Å². The molecule has 0 radical (unpaired) electrons. The van der Waals surface area contributed by atoms with Crippen LogP contribution in [0.3, 0.4) is 0 Å². The van der Waals surface area contributed by atoms with Crippen LogP contribution in [0.4, 0.5) is 0 Å². The summed E-state index contributed by atoms with van der Waals surface area (Å²) < 4.78 is 5.21. The van der Waals surface area contributed by atoms with Crippen molar-refractivity contribution in [3.8, 4) is 0 Å². The van der Waals surface area contributed by atoms with Gasteiger partial charge in [-0.15, -0.1) is 0 Å². The van der Waals surface area contributed by atoms with Gasteiger partial charge in [0.2, 0.25) is 0 Å². The number of hydrogen-bond donors (Lipinski definition) is 2. The molecule has 1 aromatic rings. The molecular formula is C13H18N2O3. The second kappa shape index (κ2) is 5.53. The highest BCUT2D eigenvalue weighted by molar-refractivity contribution is 5.97. The zero-order valence-electron chi connectivity index (χ0n) is 10.8.